The smallest absolute Gasteiger partial charge is 0.259 e. The van der Waals surface area contributed by atoms with Crippen molar-refractivity contribution in [2.24, 2.45) is 5.41 Å². The van der Waals surface area contributed by atoms with Gasteiger partial charge in [-0.25, -0.2) is 0 Å². The summed E-state index contributed by atoms with van der Waals surface area (Å²) >= 11 is 1.82. The summed E-state index contributed by atoms with van der Waals surface area (Å²) in [5.74, 6) is 0. The molecule has 150 valence electrons. The van der Waals surface area contributed by atoms with E-state index in [-0.39, 0.29) is 5.56 Å². The lowest BCUT2D eigenvalue weighted by atomic mass is 9.73. The van der Waals surface area contributed by atoms with E-state index in [4.69, 9.17) is 4.74 Å². The van der Waals surface area contributed by atoms with Gasteiger partial charge in [0.15, 0.2) is 0 Å². The molecule has 3 aromatic rings. The third-order valence-electron chi connectivity index (χ3n) is 7.11. The van der Waals surface area contributed by atoms with Gasteiger partial charge in [-0.15, -0.1) is 11.3 Å². The van der Waals surface area contributed by atoms with Gasteiger partial charge < -0.3 is 14.2 Å². The molecule has 0 radical (unpaired) electrons. The standard InChI is InChI=1S/C24H26N2O2S/c27-23-22-18-5-3-7-20(18)29-21(22)8-11-25(23)14-17-4-1-2-6-19(17)26-15-24(16-26)9-12-28-13-10-24/h1-2,4,6,8,11H,3,5,7,9-10,12-16H2. The maximum atomic E-state index is 13.3. The van der Waals surface area contributed by atoms with E-state index in [0.29, 0.717) is 12.0 Å². The highest BCUT2D eigenvalue weighted by Gasteiger charge is 2.44. The molecule has 4 nitrogen and oxygen atoms in total. The van der Waals surface area contributed by atoms with Crippen LogP contribution in [0.4, 0.5) is 5.69 Å². The van der Waals surface area contributed by atoms with Crippen LogP contribution in [-0.4, -0.2) is 30.9 Å². The van der Waals surface area contributed by atoms with Crippen LogP contribution in [0.15, 0.2) is 41.3 Å². The van der Waals surface area contributed by atoms with Gasteiger partial charge in [0.1, 0.15) is 0 Å². The zero-order valence-electron chi connectivity index (χ0n) is 16.7. The third kappa shape index (κ3) is 2.86. The highest BCUT2D eigenvalue weighted by atomic mass is 32.1. The molecular weight excluding hydrogens is 380 g/mol. The Morgan fingerprint density at radius 2 is 1.90 bits per heavy atom. The van der Waals surface area contributed by atoms with Crippen molar-refractivity contribution in [1.82, 2.24) is 4.57 Å². The number of para-hydroxylation sites is 1. The number of hydrogen-bond donors (Lipinski definition) is 0. The molecule has 1 aromatic carbocycles. The Morgan fingerprint density at radius 1 is 1.07 bits per heavy atom. The predicted octanol–water partition coefficient (Wildman–Crippen LogP) is 4.22. The summed E-state index contributed by atoms with van der Waals surface area (Å²) < 4.78 is 8.64. The van der Waals surface area contributed by atoms with Gasteiger partial charge in [-0.05, 0) is 55.4 Å². The first-order chi connectivity index (χ1) is 14.2. The highest BCUT2D eigenvalue weighted by molar-refractivity contribution is 7.19. The molecule has 1 spiro atoms. The SMILES string of the molecule is O=c1c2c3c(sc2ccn1Cc1ccccc1N1CC2(CCOCC2)C1)CCC3. The largest absolute Gasteiger partial charge is 0.381 e. The van der Waals surface area contributed by atoms with Gasteiger partial charge in [-0.1, -0.05) is 18.2 Å². The van der Waals surface area contributed by atoms with E-state index in [2.05, 4.69) is 35.2 Å². The maximum absolute atomic E-state index is 13.3. The van der Waals surface area contributed by atoms with Crippen molar-refractivity contribution in [2.75, 3.05) is 31.2 Å². The first-order valence-electron chi connectivity index (χ1n) is 10.8. The van der Waals surface area contributed by atoms with Crippen molar-refractivity contribution in [3.63, 3.8) is 0 Å². The van der Waals surface area contributed by atoms with Crippen LogP contribution in [0.3, 0.4) is 0 Å². The van der Waals surface area contributed by atoms with Gasteiger partial charge in [-0.2, -0.15) is 0 Å². The average molecular weight is 407 g/mol. The topological polar surface area (TPSA) is 34.5 Å². The molecule has 5 heteroatoms. The van der Waals surface area contributed by atoms with Crippen molar-refractivity contribution >= 4 is 27.1 Å². The second-order valence-corrected chi connectivity index (χ2v) is 10.1. The van der Waals surface area contributed by atoms with Gasteiger partial charge >= 0.3 is 0 Å². The van der Waals surface area contributed by atoms with Crippen LogP contribution in [0, 0.1) is 5.41 Å². The molecule has 4 heterocycles. The summed E-state index contributed by atoms with van der Waals surface area (Å²) in [5, 5.41) is 0.979. The van der Waals surface area contributed by atoms with Gasteiger partial charge in [0, 0.05) is 53.2 Å². The molecule has 2 saturated heterocycles. The predicted molar refractivity (Wildman–Crippen MR) is 118 cm³/mol. The number of rotatable bonds is 3. The summed E-state index contributed by atoms with van der Waals surface area (Å²) in [6.07, 6.45) is 7.72. The van der Waals surface area contributed by atoms with Crippen molar-refractivity contribution in [3.8, 4) is 0 Å². The van der Waals surface area contributed by atoms with Crippen molar-refractivity contribution in [2.45, 2.75) is 38.6 Å². The van der Waals surface area contributed by atoms with Crippen LogP contribution in [0.25, 0.3) is 10.1 Å². The van der Waals surface area contributed by atoms with Gasteiger partial charge in [0.2, 0.25) is 0 Å². The number of ether oxygens (including phenoxy) is 1. The first-order valence-corrected chi connectivity index (χ1v) is 11.6. The van der Waals surface area contributed by atoms with Gasteiger partial charge in [0.05, 0.1) is 11.9 Å². The van der Waals surface area contributed by atoms with Gasteiger partial charge in [-0.3, -0.25) is 4.79 Å². The normalized spacial score (nSPS) is 20.2. The molecule has 2 fully saturated rings. The van der Waals surface area contributed by atoms with E-state index in [0.717, 1.165) is 49.2 Å². The van der Waals surface area contributed by atoms with Crippen molar-refractivity contribution < 1.29 is 4.74 Å². The number of aromatic nitrogens is 1. The quantitative estimate of drug-likeness (QED) is 0.653. The fraction of sp³-hybridized carbons (Fsp3) is 0.458. The maximum Gasteiger partial charge on any atom is 0.259 e. The Balaban J connectivity index is 1.31. The number of nitrogens with zero attached hydrogens (tertiary/aromatic N) is 2. The molecule has 29 heavy (non-hydrogen) atoms. The second-order valence-electron chi connectivity index (χ2n) is 8.94. The zero-order valence-corrected chi connectivity index (χ0v) is 17.5. The van der Waals surface area contributed by atoms with Crippen LogP contribution in [0.2, 0.25) is 0 Å². The molecule has 0 unspecified atom stereocenters. The summed E-state index contributed by atoms with van der Waals surface area (Å²) in [5.41, 5.74) is 4.47. The Kier molecular flexibility index (Phi) is 4.10. The van der Waals surface area contributed by atoms with Crippen LogP contribution in [0.1, 0.15) is 35.3 Å². The molecule has 3 aliphatic rings. The Bertz CT molecular complexity index is 1130. The lowest BCUT2D eigenvalue weighted by molar-refractivity contribution is -0.000244. The number of fused-ring (bicyclic) bond motifs is 3. The number of hydrogen-bond acceptors (Lipinski definition) is 4. The molecule has 0 N–H and O–H groups in total. The van der Waals surface area contributed by atoms with E-state index in [1.807, 2.05) is 22.1 Å². The van der Waals surface area contributed by atoms with E-state index < -0.39 is 0 Å². The monoisotopic (exact) mass is 406 g/mol. The molecule has 0 atom stereocenters. The van der Waals surface area contributed by atoms with E-state index in [1.54, 1.807) is 0 Å². The fourth-order valence-electron chi connectivity index (χ4n) is 5.46. The van der Waals surface area contributed by atoms with Crippen LogP contribution < -0.4 is 10.5 Å². The zero-order chi connectivity index (χ0) is 19.4. The van der Waals surface area contributed by atoms with E-state index >= 15 is 0 Å². The Hall–Kier alpha value is -2.11. The second kappa shape index (κ2) is 6.71. The molecular formula is C24H26N2O2S. The first kappa shape index (κ1) is 17.7. The number of anilines is 1. The van der Waals surface area contributed by atoms with Crippen LogP contribution >= 0.6 is 11.3 Å². The number of aryl methyl sites for hydroxylation is 2. The summed E-state index contributed by atoms with van der Waals surface area (Å²) in [6, 6.07) is 10.7. The van der Waals surface area contributed by atoms with E-state index in [9.17, 15) is 4.79 Å². The Morgan fingerprint density at radius 3 is 2.76 bits per heavy atom. The van der Waals surface area contributed by atoms with E-state index in [1.165, 1.54) is 41.0 Å². The molecule has 1 aliphatic carbocycles. The minimum atomic E-state index is 0.182. The summed E-state index contributed by atoms with van der Waals surface area (Å²) in [6.45, 7) is 4.66. The van der Waals surface area contributed by atoms with Crippen LogP contribution in [-0.2, 0) is 24.1 Å². The Labute approximate surface area is 174 Å². The minimum Gasteiger partial charge on any atom is -0.381 e. The summed E-state index contributed by atoms with van der Waals surface area (Å²) in [4.78, 5) is 17.2. The molecule has 2 aromatic heterocycles. The summed E-state index contributed by atoms with van der Waals surface area (Å²) in [7, 11) is 0. The minimum absolute atomic E-state index is 0.182. The molecule has 0 bridgehead atoms. The van der Waals surface area contributed by atoms with Crippen molar-refractivity contribution in [1.29, 1.82) is 0 Å². The number of thiophene rings is 1. The van der Waals surface area contributed by atoms with Gasteiger partial charge in [0.25, 0.3) is 5.56 Å². The lowest BCUT2D eigenvalue weighted by Gasteiger charge is -2.53. The van der Waals surface area contributed by atoms with Crippen LogP contribution in [0.5, 0.6) is 0 Å². The molecule has 2 aliphatic heterocycles. The van der Waals surface area contributed by atoms with Crippen molar-refractivity contribution in [3.05, 3.63) is 62.9 Å². The third-order valence-corrected chi connectivity index (χ3v) is 8.37. The number of pyridine rings is 1. The molecule has 0 amide bonds. The fourth-order valence-corrected chi connectivity index (χ4v) is 6.74. The average Bonchev–Trinajstić information content (AvgIpc) is 3.30. The number of benzene rings is 1. The molecule has 6 rings (SSSR count). The highest BCUT2D eigenvalue weighted by Crippen LogP contribution is 2.43. The lowest BCUT2D eigenvalue weighted by Crippen LogP contribution is -2.58. The molecule has 0 saturated carbocycles.